The molecule has 4 nitrogen and oxygen atoms in total. The maximum absolute atomic E-state index is 12.4. The number of benzene rings is 3. The first-order chi connectivity index (χ1) is 14.3. The molecule has 4 heteroatoms. The zero-order valence-electron chi connectivity index (χ0n) is 16.6. The highest BCUT2D eigenvalue weighted by Crippen LogP contribution is 2.21. The minimum atomic E-state index is -0.126. The minimum Gasteiger partial charge on any atom is -0.335 e. The van der Waals surface area contributed by atoms with Gasteiger partial charge < -0.3 is 10.6 Å². The lowest BCUT2D eigenvalue weighted by Crippen LogP contribution is -2.45. The van der Waals surface area contributed by atoms with E-state index < -0.39 is 0 Å². The summed E-state index contributed by atoms with van der Waals surface area (Å²) in [4.78, 5) is 14.8. The number of hydrogen-bond donors (Lipinski definition) is 2. The van der Waals surface area contributed by atoms with Gasteiger partial charge in [-0.2, -0.15) is 0 Å². The number of carbonyl (C=O) groups is 1. The van der Waals surface area contributed by atoms with E-state index >= 15 is 0 Å². The summed E-state index contributed by atoms with van der Waals surface area (Å²) in [6.45, 7) is 2.99. The molecule has 1 fully saturated rings. The number of hydrogen-bond acceptors (Lipinski definition) is 2. The molecule has 148 valence electrons. The van der Waals surface area contributed by atoms with E-state index in [0.717, 1.165) is 43.7 Å². The van der Waals surface area contributed by atoms with Crippen LogP contribution in [-0.2, 0) is 6.54 Å². The first-order valence-electron chi connectivity index (χ1n) is 10.3. The maximum Gasteiger partial charge on any atom is 0.319 e. The molecule has 1 saturated heterocycles. The molecule has 1 aliphatic heterocycles. The predicted octanol–water partition coefficient (Wildman–Crippen LogP) is 5.14. The molecule has 0 unspecified atom stereocenters. The molecule has 0 aliphatic carbocycles. The van der Waals surface area contributed by atoms with Gasteiger partial charge >= 0.3 is 6.03 Å². The monoisotopic (exact) mass is 385 g/mol. The zero-order valence-corrected chi connectivity index (χ0v) is 16.6. The van der Waals surface area contributed by atoms with Gasteiger partial charge in [0.2, 0.25) is 0 Å². The lowest BCUT2D eigenvalue weighted by atomic mass is 10.0. The molecular formula is C25H27N3O. The highest BCUT2D eigenvalue weighted by Gasteiger charge is 2.20. The van der Waals surface area contributed by atoms with E-state index in [2.05, 4.69) is 51.9 Å². The van der Waals surface area contributed by atoms with E-state index in [1.807, 2.05) is 48.5 Å². The molecule has 1 aliphatic rings. The average Bonchev–Trinajstić information content (AvgIpc) is 2.77. The fraction of sp³-hybridized carbons (Fsp3) is 0.240. The van der Waals surface area contributed by atoms with Gasteiger partial charge in [-0.05, 0) is 41.7 Å². The van der Waals surface area contributed by atoms with Crippen LogP contribution in [0, 0.1) is 0 Å². The molecule has 0 aromatic heterocycles. The Bertz CT molecular complexity index is 902. The van der Waals surface area contributed by atoms with Gasteiger partial charge in [0.15, 0.2) is 0 Å². The summed E-state index contributed by atoms with van der Waals surface area (Å²) >= 11 is 0. The van der Waals surface area contributed by atoms with Crippen molar-refractivity contribution < 1.29 is 4.79 Å². The van der Waals surface area contributed by atoms with Crippen LogP contribution in [0.5, 0.6) is 0 Å². The molecule has 0 saturated carbocycles. The van der Waals surface area contributed by atoms with E-state index in [-0.39, 0.29) is 12.1 Å². The van der Waals surface area contributed by atoms with Crippen LogP contribution in [0.3, 0.4) is 0 Å². The molecule has 4 rings (SSSR count). The van der Waals surface area contributed by atoms with Crippen molar-refractivity contribution in [2.45, 2.75) is 25.4 Å². The van der Waals surface area contributed by atoms with Crippen LogP contribution < -0.4 is 10.6 Å². The van der Waals surface area contributed by atoms with Gasteiger partial charge in [0.1, 0.15) is 0 Å². The molecule has 29 heavy (non-hydrogen) atoms. The smallest absolute Gasteiger partial charge is 0.319 e. The highest BCUT2D eigenvalue weighted by atomic mass is 16.2. The SMILES string of the molecule is O=C(Nc1ccc(-c2ccccc2)cc1)NC1CCN(Cc2ccccc2)CC1. The van der Waals surface area contributed by atoms with E-state index in [0.29, 0.717) is 0 Å². The number of rotatable bonds is 5. The number of urea groups is 1. The molecular weight excluding hydrogens is 358 g/mol. The summed E-state index contributed by atoms with van der Waals surface area (Å²) in [7, 11) is 0. The quantitative estimate of drug-likeness (QED) is 0.639. The van der Waals surface area contributed by atoms with Gasteiger partial charge in [-0.15, -0.1) is 0 Å². The van der Waals surface area contributed by atoms with Crippen LogP contribution in [-0.4, -0.2) is 30.1 Å². The van der Waals surface area contributed by atoms with Crippen molar-refractivity contribution in [3.05, 3.63) is 90.5 Å². The van der Waals surface area contributed by atoms with Crippen molar-refractivity contribution in [2.24, 2.45) is 0 Å². The van der Waals surface area contributed by atoms with Gasteiger partial charge in [0.25, 0.3) is 0 Å². The largest absolute Gasteiger partial charge is 0.335 e. The lowest BCUT2D eigenvalue weighted by Gasteiger charge is -2.32. The van der Waals surface area contributed by atoms with Crippen LogP contribution in [0.4, 0.5) is 10.5 Å². The third kappa shape index (κ3) is 5.46. The van der Waals surface area contributed by atoms with Crippen molar-refractivity contribution in [1.29, 1.82) is 0 Å². The molecule has 0 atom stereocenters. The number of nitrogens with zero attached hydrogens (tertiary/aromatic N) is 1. The molecule has 0 radical (unpaired) electrons. The molecule has 0 bridgehead atoms. The van der Waals surface area contributed by atoms with Crippen LogP contribution in [0.1, 0.15) is 18.4 Å². The average molecular weight is 386 g/mol. The Kier molecular flexibility index (Phi) is 6.22. The van der Waals surface area contributed by atoms with Crippen LogP contribution in [0.25, 0.3) is 11.1 Å². The fourth-order valence-corrected chi connectivity index (χ4v) is 3.81. The Hall–Kier alpha value is -3.11. The molecule has 3 aromatic rings. The van der Waals surface area contributed by atoms with Crippen molar-refractivity contribution >= 4 is 11.7 Å². The molecule has 2 N–H and O–H groups in total. The van der Waals surface area contributed by atoms with Gasteiger partial charge in [-0.25, -0.2) is 4.79 Å². The summed E-state index contributed by atoms with van der Waals surface area (Å²) in [6.07, 6.45) is 1.96. The number of nitrogens with one attached hydrogen (secondary N) is 2. The Morgan fingerprint density at radius 3 is 2.03 bits per heavy atom. The van der Waals surface area contributed by atoms with E-state index in [4.69, 9.17) is 0 Å². The van der Waals surface area contributed by atoms with Gasteiger partial charge in [0.05, 0.1) is 0 Å². The number of anilines is 1. The third-order valence-corrected chi connectivity index (χ3v) is 5.42. The molecule has 2 amide bonds. The van der Waals surface area contributed by atoms with Gasteiger partial charge in [0, 0.05) is 31.4 Å². The molecule has 1 heterocycles. The summed E-state index contributed by atoms with van der Waals surface area (Å²) in [5.74, 6) is 0. The van der Waals surface area contributed by atoms with Gasteiger partial charge in [-0.3, -0.25) is 4.90 Å². The second-order valence-electron chi connectivity index (χ2n) is 7.58. The highest BCUT2D eigenvalue weighted by molar-refractivity contribution is 5.89. The van der Waals surface area contributed by atoms with Crippen molar-refractivity contribution in [3.63, 3.8) is 0 Å². The Balaban J connectivity index is 1.23. The number of carbonyl (C=O) groups excluding carboxylic acids is 1. The van der Waals surface area contributed by atoms with E-state index in [1.165, 1.54) is 11.1 Å². The van der Waals surface area contributed by atoms with Crippen LogP contribution in [0.2, 0.25) is 0 Å². The summed E-state index contributed by atoms with van der Waals surface area (Å²) in [5, 5.41) is 6.08. The maximum atomic E-state index is 12.4. The molecule has 0 spiro atoms. The minimum absolute atomic E-state index is 0.126. The lowest BCUT2D eigenvalue weighted by molar-refractivity contribution is 0.190. The number of likely N-dealkylation sites (tertiary alicyclic amines) is 1. The normalized spacial score (nSPS) is 15.0. The van der Waals surface area contributed by atoms with Gasteiger partial charge in [-0.1, -0.05) is 72.8 Å². The summed E-state index contributed by atoms with van der Waals surface area (Å²) in [6, 6.07) is 28.9. The Labute approximate surface area is 172 Å². The van der Waals surface area contributed by atoms with E-state index in [1.54, 1.807) is 0 Å². The molecule has 3 aromatic carbocycles. The van der Waals surface area contributed by atoms with Crippen molar-refractivity contribution in [2.75, 3.05) is 18.4 Å². The number of amides is 2. The van der Waals surface area contributed by atoms with Crippen LogP contribution in [0.15, 0.2) is 84.9 Å². The predicted molar refractivity (Wildman–Crippen MR) is 119 cm³/mol. The Morgan fingerprint density at radius 2 is 1.38 bits per heavy atom. The summed E-state index contributed by atoms with van der Waals surface area (Å²) < 4.78 is 0. The fourth-order valence-electron chi connectivity index (χ4n) is 3.81. The first-order valence-corrected chi connectivity index (χ1v) is 10.3. The topological polar surface area (TPSA) is 44.4 Å². The zero-order chi connectivity index (χ0) is 19.9. The summed E-state index contributed by atoms with van der Waals surface area (Å²) in [5.41, 5.74) is 4.47. The van der Waals surface area contributed by atoms with Crippen LogP contribution >= 0.6 is 0 Å². The third-order valence-electron chi connectivity index (χ3n) is 5.42. The number of piperidine rings is 1. The van der Waals surface area contributed by atoms with Crippen molar-refractivity contribution in [1.82, 2.24) is 10.2 Å². The Morgan fingerprint density at radius 1 is 0.793 bits per heavy atom. The second kappa shape index (κ2) is 9.39. The van der Waals surface area contributed by atoms with E-state index in [9.17, 15) is 4.79 Å². The first kappa shape index (κ1) is 19.2. The standard InChI is InChI=1S/C25H27N3O/c29-25(26-23-13-11-22(12-14-23)21-9-5-2-6-10-21)27-24-15-17-28(18-16-24)19-20-7-3-1-4-8-20/h1-14,24H,15-19H2,(H2,26,27,29). The van der Waals surface area contributed by atoms with Crippen molar-refractivity contribution in [3.8, 4) is 11.1 Å². The second-order valence-corrected chi connectivity index (χ2v) is 7.58.